The van der Waals surface area contributed by atoms with E-state index in [0.29, 0.717) is 0 Å². The summed E-state index contributed by atoms with van der Waals surface area (Å²) < 4.78 is 7.04. The van der Waals surface area contributed by atoms with Crippen LogP contribution in [0.2, 0.25) is 0 Å². The van der Waals surface area contributed by atoms with E-state index in [0.717, 1.165) is 29.1 Å². The van der Waals surface area contributed by atoms with Crippen LogP contribution in [0.1, 0.15) is 18.2 Å². The maximum Gasteiger partial charge on any atom is 0.143 e. The normalized spacial score (nSPS) is 12.3. The van der Waals surface area contributed by atoms with Crippen molar-refractivity contribution in [1.29, 1.82) is 0 Å². The Morgan fingerprint density at radius 3 is 2.95 bits per heavy atom. The molecule has 0 fully saturated rings. The summed E-state index contributed by atoms with van der Waals surface area (Å²) in [7, 11) is 0. The largest absolute Gasteiger partial charge is 0.469 e. The predicted molar refractivity (Wildman–Crippen MR) is 79.4 cm³/mol. The summed E-state index contributed by atoms with van der Waals surface area (Å²) in [6.07, 6.45) is 4.13. The number of hydrogen-bond donors (Lipinski definition) is 1. The van der Waals surface area contributed by atoms with Crippen molar-refractivity contribution in [3.8, 4) is 5.69 Å². The van der Waals surface area contributed by atoms with Crippen molar-refractivity contribution < 1.29 is 4.42 Å². The monoisotopic (exact) mass is 283 g/mol. The molecule has 3 aromatic rings. The number of nitrogens with one attached hydrogen (secondary N) is 1. The summed E-state index contributed by atoms with van der Waals surface area (Å²) in [5.41, 5.74) is 3.12. The highest BCUT2D eigenvalue weighted by Gasteiger charge is 2.08. The van der Waals surface area contributed by atoms with E-state index >= 15 is 0 Å². The van der Waals surface area contributed by atoms with Crippen LogP contribution in [0.25, 0.3) is 5.69 Å². The quantitative estimate of drug-likeness (QED) is 0.779. The van der Waals surface area contributed by atoms with E-state index in [1.807, 2.05) is 25.1 Å². The molecule has 6 heteroatoms. The highest BCUT2D eigenvalue weighted by atomic mass is 16.3. The molecule has 0 amide bonds. The third-order valence-electron chi connectivity index (χ3n) is 3.31. The van der Waals surface area contributed by atoms with Gasteiger partial charge in [0.2, 0.25) is 0 Å². The van der Waals surface area contributed by atoms with E-state index in [1.165, 1.54) is 0 Å². The van der Waals surface area contributed by atoms with Crippen molar-refractivity contribution >= 4 is 5.69 Å². The van der Waals surface area contributed by atoms with Crippen LogP contribution in [0, 0.1) is 6.92 Å². The average molecular weight is 283 g/mol. The molecule has 1 aromatic carbocycles. The molecular formula is C15H17N5O. The van der Waals surface area contributed by atoms with Crippen LogP contribution in [0.3, 0.4) is 0 Å². The van der Waals surface area contributed by atoms with Gasteiger partial charge >= 0.3 is 0 Å². The van der Waals surface area contributed by atoms with Crippen LogP contribution in [0.5, 0.6) is 0 Å². The third-order valence-corrected chi connectivity index (χ3v) is 3.31. The Morgan fingerprint density at radius 1 is 1.33 bits per heavy atom. The smallest absolute Gasteiger partial charge is 0.143 e. The van der Waals surface area contributed by atoms with Crippen LogP contribution in [0.15, 0.2) is 47.3 Å². The van der Waals surface area contributed by atoms with Crippen molar-refractivity contribution in [1.82, 2.24) is 20.2 Å². The van der Waals surface area contributed by atoms with Crippen molar-refractivity contribution in [2.24, 2.45) is 0 Å². The molecule has 0 aliphatic carbocycles. The summed E-state index contributed by atoms with van der Waals surface area (Å²) in [4.78, 5) is 0. The van der Waals surface area contributed by atoms with Gasteiger partial charge in [-0.2, -0.15) is 0 Å². The van der Waals surface area contributed by atoms with Gasteiger partial charge in [0.1, 0.15) is 12.1 Å². The molecule has 21 heavy (non-hydrogen) atoms. The number of anilines is 1. The van der Waals surface area contributed by atoms with Crippen LogP contribution >= 0.6 is 0 Å². The van der Waals surface area contributed by atoms with Gasteiger partial charge in [-0.1, -0.05) is 6.07 Å². The van der Waals surface area contributed by atoms with Crippen molar-refractivity contribution in [2.75, 3.05) is 5.32 Å². The molecule has 0 bridgehead atoms. The molecule has 108 valence electrons. The second-order valence-corrected chi connectivity index (χ2v) is 5.08. The fraction of sp³-hybridized carbons (Fsp3) is 0.267. The molecule has 0 saturated carbocycles. The van der Waals surface area contributed by atoms with Crippen LogP contribution in [-0.2, 0) is 6.42 Å². The molecule has 0 saturated heterocycles. The summed E-state index contributed by atoms with van der Waals surface area (Å²) in [6, 6.07) is 10.3. The molecule has 2 aromatic heterocycles. The molecule has 0 aliphatic heterocycles. The van der Waals surface area contributed by atoms with E-state index in [4.69, 9.17) is 4.42 Å². The van der Waals surface area contributed by atoms with Gasteiger partial charge in [0.25, 0.3) is 0 Å². The Kier molecular flexibility index (Phi) is 3.68. The van der Waals surface area contributed by atoms with Gasteiger partial charge in [-0.25, -0.2) is 4.68 Å². The van der Waals surface area contributed by atoms with E-state index in [9.17, 15) is 0 Å². The Hall–Kier alpha value is -2.63. The number of aryl methyl sites for hydroxylation is 1. The Morgan fingerprint density at radius 2 is 2.24 bits per heavy atom. The molecule has 2 heterocycles. The second kappa shape index (κ2) is 5.78. The van der Waals surface area contributed by atoms with Crippen LogP contribution < -0.4 is 5.32 Å². The zero-order valence-electron chi connectivity index (χ0n) is 12.0. The molecule has 0 aliphatic rings. The minimum Gasteiger partial charge on any atom is -0.469 e. The van der Waals surface area contributed by atoms with Gasteiger partial charge in [-0.05, 0) is 54.1 Å². The summed E-state index contributed by atoms with van der Waals surface area (Å²) in [6.45, 7) is 4.16. The first-order valence-corrected chi connectivity index (χ1v) is 6.85. The zero-order valence-corrected chi connectivity index (χ0v) is 12.0. The summed E-state index contributed by atoms with van der Waals surface area (Å²) in [5, 5.41) is 14.8. The number of tetrazole rings is 1. The molecule has 1 atom stereocenters. The van der Waals surface area contributed by atoms with Gasteiger partial charge in [-0.15, -0.1) is 5.10 Å². The van der Waals surface area contributed by atoms with Crippen molar-refractivity contribution in [3.05, 3.63) is 54.2 Å². The minimum atomic E-state index is 0.264. The Bertz CT molecular complexity index is 691. The highest BCUT2D eigenvalue weighted by Crippen LogP contribution is 2.19. The fourth-order valence-electron chi connectivity index (χ4n) is 2.28. The lowest BCUT2D eigenvalue weighted by molar-refractivity contribution is 0.498. The molecular weight excluding hydrogens is 266 g/mol. The first-order valence-electron chi connectivity index (χ1n) is 6.85. The molecule has 0 spiro atoms. The first-order chi connectivity index (χ1) is 10.2. The van der Waals surface area contributed by atoms with E-state index in [2.05, 4.69) is 39.9 Å². The topological polar surface area (TPSA) is 68.8 Å². The lowest BCUT2D eigenvalue weighted by Gasteiger charge is -2.15. The number of aromatic nitrogens is 4. The molecule has 1 N–H and O–H groups in total. The molecule has 3 rings (SSSR count). The zero-order chi connectivity index (χ0) is 14.7. The van der Waals surface area contributed by atoms with Gasteiger partial charge in [-0.3, -0.25) is 0 Å². The second-order valence-electron chi connectivity index (χ2n) is 5.08. The van der Waals surface area contributed by atoms with Gasteiger partial charge in [0.05, 0.1) is 12.0 Å². The van der Waals surface area contributed by atoms with Gasteiger partial charge in [0.15, 0.2) is 0 Å². The van der Waals surface area contributed by atoms with E-state index in [-0.39, 0.29) is 6.04 Å². The SMILES string of the molecule is Cc1ccc(NC(C)Cc2ccco2)cc1-n1cnnn1. The maximum absolute atomic E-state index is 5.37. The van der Waals surface area contributed by atoms with E-state index < -0.39 is 0 Å². The lowest BCUT2D eigenvalue weighted by Crippen LogP contribution is -2.18. The highest BCUT2D eigenvalue weighted by molar-refractivity contribution is 5.54. The predicted octanol–water partition coefficient (Wildman–Crippen LogP) is 2.61. The third kappa shape index (κ3) is 3.10. The molecule has 0 radical (unpaired) electrons. The summed E-state index contributed by atoms with van der Waals surface area (Å²) in [5.74, 6) is 0.975. The molecule has 6 nitrogen and oxygen atoms in total. The lowest BCUT2D eigenvalue weighted by atomic mass is 10.1. The molecule has 1 unspecified atom stereocenters. The fourth-order valence-corrected chi connectivity index (χ4v) is 2.28. The number of hydrogen-bond acceptors (Lipinski definition) is 5. The maximum atomic E-state index is 5.37. The van der Waals surface area contributed by atoms with E-state index in [1.54, 1.807) is 17.3 Å². The van der Waals surface area contributed by atoms with Gasteiger partial charge < -0.3 is 9.73 Å². The number of nitrogens with zero attached hydrogens (tertiary/aromatic N) is 4. The van der Waals surface area contributed by atoms with Crippen molar-refractivity contribution in [3.63, 3.8) is 0 Å². The van der Waals surface area contributed by atoms with Crippen molar-refractivity contribution in [2.45, 2.75) is 26.3 Å². The first kappa shape index (κ1) is 13.4. The van der Waals surface area contributed by atoms with Crippen LogP contribution in [-0.4, -0.2) is 26.2 Å². The number of rotatable bonds is 5. The van der Waals surface area contributed by atoms with Gasteiger partial charge in [0, 0.05) is 18.2 Å². The number of benzene rings is 1. The Balaban J connectivity index is 1.75. The Labute approximate surface area is 122 Å². The summed E-state index contributed by atoms with van der Waals surface area (Å²) >= 11 is 0. The number of furan rings is 1. The van der Waals surface area contributed by atoms with Crippen LogP contribution in [0.4, 0.5) is 5.69 Å². The average Bonchev–Trinajstić information content (AvgIpc) is 3.13. The standard InChI is InChI=1S/C15H17N5O/c1-11-5-6-13(9-15(11)20-10-16-18-19-20)17-12(2)8-14-4-3-7-21-14/h3-7,9-10,12,17H,8H2,1-2H3. The minimum absolute atomic E-state index is 0.264.